The molecule has 6 N–H and O–H groups in total. The second kappa shape index (κ2) is 14.1. The van der Waals surface area contributed by atoms with Crippen LogP contribution in [0.25, 0.3) is 0 Å². The zero-order valence-corrected chi connectivity index (χ0v) is 31.7. The number of hydrogen-bond donors (Lipinski definition) is 6. The fraction of sp³-hybridized carbons (Fsp3) is 0.950. The lowest BCUT2D eigenvalue weighted by Gasteiger charge is -2.70. The van der Waals surface area contributed by atoms with Crippen LogP contribution >= 0.6 is 0 Å². The van der Waals surface area contributed by atoms with Crippen LogP contribution in [0.2, 0.25) is 0 Å². The van der Waals surface area contributed by atoms with Crippen LogP contribution in [0.5, 0.6) is 0 Å². The highest BCUT2D eigenvalue weighted by atomic mass is 16.7. The van der Waals surface area contributed by atoms with Crippen molar-refractivity contribution in [2.24, 2.45) is 51.2 Å². The lowest BCUT2D eigenvalue weighted by molar-refractivity contribution is -0.326. The minimum Gasteiger partial charge on any atom is -0.396 e. The molecule has 7 rings (SSSR count). The van der Waals surface area contributed by atoms with Gasteiger partial charge in [-0.3, -0.25) is 0 Å². The third-order valence-electron chi connectivity index (χ3n) is 15.9. The molecule has 11 heteroatoms. The van der Waals surface area contributed by atoms with Crippen LogP contribution in [0, 0.1) is 51.2 Å². The molecule has 0 bridgehead atoms. The van der Waals surface area contributed by atoms with E-state index in [-0.39, 0.29) is 64.3 Å². The second-order valence-corrected chi connectivity index (χ2v) is 18.9. The number of fused-ring (bicyclic) bond motifs is 7. The minimum absolute atomic E-state index is 0.00307. The molecule has 7 aliphatic rings. The van der Waals surface area contributed by atoms with Gasteiger partial charge in [0.15, 0.2) is 12.6 Å². The molecule has 0 aromatic carbocycles. The summed E-state index contributed by atoms with van der Waals surface area (Å²) >= 11 is 0. The van der Waals surface area contributed by atoms with E-state index >= 15 is 0 Å². The first-order valence-electron chi connectivity index (χ1n) is 19.9. The summed E-state index contributed by atoms with van der Waals surface area (Å²) in [7, 11) is 0. The summed E-state index contributed by atoms with van der Waals surface area (Å²) in [4.78, 5) is 0. The molecule has 3 heterocycles. The maximum Gasteiger partial charge on any atom is 0.186 e. The Labute approximate surface area is 304 Å². The molecule has 3 aliphatic heterocycles. The van der Waals surface area contributed by atoms with E-state index in [0.717, 1.165) is 44.9 Å². The molecule has 0 amide bonds. The predicted octanol–water partition coefficient (Wildman–Crippen LogP) is 3.30. The second-order valence-electron chi connectivity index (χ2n) is 18.9. The summed E-state index contributed by atoms with van der Waals surface area (Å²) in [5, 5.41) is 63.7. The van der Waals surface area contributed by atoms with Gasteiger partial charge in [-0.05, 0) is 99.2 Å². The quantitative estimate of drug-likeness (QED) is 0.169. The van der Waals surface area contributed by atoms with E-state index in [1.165, 1.54) is 5.57 Å². The number of allylic oxidation sites excluding steroid dienone is 1. The lowest BCUT2D eigenvalue weighted by Crippen LogP contribution is -2.65. The summed E-state index contributed by atoms with van der Waals surface area (Å²) in [5.74, 6) is 1.17. The van der Waals surface area contributed by atoms with Gasteiger partial charge in [-0.25, -0.2) is 0 Å². The average molecular weight is 723 g/mol. The van der Waals surface area contributed by atoms with E-state index in [4.69, 9.17) is 23.7 Å². The molecule has 18 atom stereocenters. The van der Waals surface area contributed by atoms with Gasteiger partial charge in [0, 0.05) is 30.3 Å². The zero-order valence-electron chi connectivity index (χ0n) is 31.7. The van der Waals surface area contributed by atoms with Gasteiger partial charge in [-0.2, -0.15) is 0 Å². The third kappa shape index (κ3) is 6.12. The van der Waals surface area contributed by atoms with E-state index < -0.39 is 49.7 Å². The van der Waals surface area contributed by atoms with Gasteiger partial charge in [0.2, 0.25) is 0 Å². The highest BCUT2D eigenvalue weighted by Gasteiger charge is 2.72. The van der Waals surface area contributed by atoms with E-state index in [2.05, 4.69) is 47.6 Å². The van der Waals surface area contributed by atoms with Crippen LogP contribution in [0.4, 0.5) is 0 Å². The average Bonchev–Trinajstić information content (AvgIpc) is 3.44. The summed E-state index contributed by atoms with van der Waals surface area (Å²) in [6.45, 7) is 14.5. The Morgan fingerprint density at radius 3 is 2.29 bits per heavy atom. The van der Waals surface area contributed by atoms with Crippen molar-refractivity contribution >= 4 is 0 Å². The SMILES string of the molecule is CC(C)=C[C@@H]1COC2C[C@]3(CO)[C@H](CCC4[C@@]5(C)CC[C@H](OC6C[C@@H](OC7OC(CO)[C@@H](O)[C@H](O)[C@H]7O)CCO6)C(C)(C)C5CC[C@]43C)C2C1O. The van der Waals surface area contributed by atoms with Gasteiger partial charge in [0.25, 0.3) is 0 Å². The molecule has 4 aliphatic carbocycles. The highest BCUT2D eigenvalue weighted by Crippen LogP contribution is 2.76. The topological polar surface area (TPSA) is 168 Å². The molecule has 292 valence electrons. The fourth-order valence-electron chi connectivity index (χ4n) is 13.4. The summed E-state index contributed by atoms with van der Waals surface area (Å²) in [5.41, 5.74) is 0.806. The Morgan fingerprint density at radius 2 is 1.59 bits per heavy atom. The van der Waals surface area contributed by atoms with Crippen molar-refractivity contribution in [2.45, 2.75) is 161 Å². The Bertz CT molecular complexity index is 1270. The van der Waals surface area contributed by atoms with Crippen molar-refractivity contribution < 1.29 is 54.3 Å². The van der Waals surface area contributed by atoms with E-state index in [9.17, 15) is 30.6 Å². The summed E-state index contributed by atoms with van der Waals surface area (Å²) in [6.07, 6.45) is 2.27. The standard InChI is InChI=1S/C40H66O11/c1-21(2)15-22-19-48-25-17-40(20-42)24(31(25)32(22)43)7-8-28-38(5)12-10-29(37(3,4)27(38)9-13-39(28,40)6)51-30-16-23(11-14-47-30)49-36-35(46)34(45)33(44)26(18-41)50-36/h15,22-36,41-46H,7-14,16-20H2,1-6H3/t22-,23+,24-,25?,26?,27?,28?,29+,30?,31?,32?,33-,34+,35-,36?,38+,39-,40+/m1/s1. The molecule has 0 spiro atoms. The molecule has 7 fully saturated rings. The van der Waals surface area contributed by atoms with Crippen LogP contribution in [0.15, 0.2) is 11.6 Å². The first-order valence-corrected chi connectivity index (χ1v) is 19.9. The monoisotopic (exact) mass is 722 g/mol. The molecule has 0 aromatic rings. The van der Waals surface area contributed by atoms with Crippen LogP contribution < -0.4 is 0 Å². The van der Waals surface area contributed by atoms with E-state index in [1.807, 2.05) is 0 Å². The Kier molecular flexibility index (Phi) is 10.7. The van der Waals surface area contributed by atoms with Gasteiger partial charge >= 0.3 is 0 Å². The van der Waals surface area contributed by atoms with Crippen molar-refractivity contribution in [1.82, 2.24) is 0 Å². The highest BCUT2D eigenvalue weighted by molar-refractivity contribution is 5.21. The van der Waals surface area contributed by atoms with Gasteiger partial charge in [-0.15, -0.1) is 0 Å². The maximum atomic E-state index is 11.8. The van der Waals surface area contributed by atoms with Crippen molar-refractivity contribution in [3.05, 3.63) is 11.6 Å². The lowest BCUT2D eigenvalue weighted by atomic mass is 9.35. The Morgan fingerprint density at radius 1 is 0.824 bits per heavy atom. The van der Waals surface area contributed by atoms with Crippen molar-refractivity contribution in [2.75, 3.05) is 26.4 Å². The summed E-state index contributed by atoms with van der Waals surface area (Å²) in [6, 6.07) is 0. The number of rotatable bonds is 7. The maximum absolute atomic E-state index is 11.8. The minimum atomic E-state index is -1.48. The van der Waals surface area contributed by atoms with Gasteiger partial charge < -0.3 is 54.3 Å². The molecule has 0 aromatic heterocycles. The molecule has 8 unspecified atom stereocenters. The fourth-order valence-corrected chi connectivity index (χ4v) is 13.4. The number of aliphatic hydroxyl groups is 6. The molecule has 0 radical (unpaired) electrons. The van der Waals surface area contributed by atoms with Crippen molar-refractivity contribution in [1.29, 1.82) is 0 Å². The molecule has 3 saturated heterocycles. The van der Waals surface area contributed by atoms with Crippen LogP contribution in [0.1, 0.15) is 99.3 Å². The smallest absolute Gasteiger partial charge is 0.186 e. The van der Waals surface area contributed by atoms with Crippen molar-refractivity contribution in [3.8, 4) is 0 Å². The Balaban J connectivity index is 1.04. The van der Waals surface area contributed by atoms with Crippen LogP contribution in [-0.4, -0.2) is 118 Å². The Hall–Kier alpha value is -0.700. The number of aliphatic hydroxyl groups excluding tert-OH is 6. The molecule has 11 nitrogen and oxygen atoms in total. The van der Waals surface area contributed by atoms with Gasteiger partial charge in [0.1, 0.15) is 24.4 Å². The first kappa shape index (κ1) is 38.6. The van der Waals surface area contributed by atoms with E-state index in [1.54, 1.807) is 0 Å². The molecule has 4 saturated carbocycles. The number of hydrogen-bond acceptors (Lipinski definition) is 11. The van der Waals surface area contributed by atoms with Crippen LogP contribution in [0.3, 0.4) is 0 Å². The number of ether oxygens (including phenoxy) is 5. The zero-order chi connectivity index (χ0) is 36.7. The third-order valence-corrected chi connectivity index (χ3v) is 15.9. The first-order chi connectivity index (χ1) is 24.1. The van der Waals surface area contributed by atoms with Crippen LogP contribution in [-0.2, 0) is 23.7 Å². The summed E-state index contributed by atoms with van der Waals surface area (Å²) < 4.78 is 31.2. The largest absolute Gasteiger partial charge is 0.396 e. The molecular formula is C40H66O11. The van der Waals surface area contributed by atoms with Gasteiger partial charge in [-0.1, -0.05) is 39.3 Å². The predicted molar refractivity (Wildman–Crippen MR) is 187 cm³/mol. The normalized spacial score (nSPS) is 53.7. The molecule has 51 heavy (non-hydrogen) atoms. The van der Waals surface area contributed by atoms with Gasteiger partial charge in [0.05, 0.1) is 44.2 Å². The van der Waals surface area contributed by atoms with E-state index in [0.29, 0.717) is 37.9 Å². The molecular weight excluding hydrogens is 656 g/mol. The van der Waals surface area contributed by atoms with Crippen molar-refractivity contribution in [3.63, 3.8) is 0 Å².